The molecule has 0 saturated heterocycles. The standard InChI is InChI=1S/C10H15NO3S.ClH/c1-7-10(14)9(5-13)8(4-11-7)6-15-3-2-12;/h4,12-14H,2-3,5-6H2,1H3;1H. The van der Waals surface area contributed by atoms with Crippen molar-refractivity contribution in [2.75, 3.05) is 12.4 Å². The summed E-state index contributed by atoms with van der Waals surface area (Å²) < 4.78 is 0. The first-order valence-corrected chi connectivity index (χ1v) is 5.82. The molecule has 0 aliphatic heterocycles. The highest BCUT2D eigenvalue weighted by Crippen LogP contribution is 2.26. The molecule has 0 aliphatic carbocycles. The highest BCUT2D eigenvalue weighted by atomic mass is 35.5. The van der Waals surface area contributed by atoms with Gasteiger partial charge in [-0.05, 0) is 12.5 Å². The fraction of sp³-hybridized carbons (Fsp3) is 0.500. The van der Waals surface area contributed by atoms with E-state index in [0.29, 0.717) is 22.8 Å². The van der Waals surface area contributed by atoms with Gasteiger partial charge in [0.2, 0.25) is 0 Å². The summed E-state index contributed by atoms with van der Waals surface area (Å²) >= 11 is 1.54. The largest absolute Gasteiger partial charge is 0.506 e. The van der Waals surface area contributed by atoms with Crippen molar-refractivity contribution in [1.29, 1.82) is 0 Å². The quantitative estimate of drug-likeness (QED) is 0.699. The van der Waals surface area contributed by atoms with E-state index >= 15 is 0 Å². The zero-order valence-electron chi connectivity index (χ0n) is 9.01. The van der Waals surface area contributed by atoms with Crippen molar-refractivity contribution >= 4 is 24.2 Å². The second kappa shape index (κ2) is 7.73. The van der Waals surface area contributed by atoms with Crippen molar-refractivity contribution in [3.05, 3.63) is 23.0 Å². The summed E-state index contributed by atoms with van der Waals surface area (Å²) in [5.74, 6) is 1.34. The van der Waals surface area contributed by atoms with Crippen molar-refractivity contribution < 1.29 is 15.3 Å². The summed E-state index contributed by atoms with van der Waals surface area (Å²) in [5, 5.41) is 27.4. The van der Waals surface area contributed by atoms with Crippen LogP contribution in [0.15, 0.2) is 6.20 Å². The molecule has 4 nitrogen and oxygen atoms in total. The summed E-state index contributed by atoms with van der Waals surface area (Å²) in [6.45, 7) is 1.63. The summed E-state index contributed by atoms with van der Waals surface area (Å²) in [5.41, 5.74) is 1.88. The smallest absolute Gasteiger partial charge is 0.142 e. The maximum atomic E-state index is 9.65. The van der Waals surface area contributed by atoms with Crippen molar-refractivity contribution in [2.24, 2.45) is 0 Å². The lowest BCUT2D eigenvalue weighted by molar-refractivity contribution is 0.274. The van der Waals surface area contributed by atoms with Gasteiger partial charge in [0.15, 0.2) is 0 Å². The van der Waals surface area contributed by atoms with Crippen molar-refractivity contribution in [1.82, 2.24) is 4.98 Å². The Bertz CT molecular complexity index is 336. The van der Waals surface area contributed by atoms with Crippen LogP contribution in [-0.2, 0) is 12.4 Å². The maximum Gasteiger partial charge on any atom is 0.142 e. The first-order chi connectivity index (χ1) is 7.20. The van der Waals surface area contributed by atoms with Crippen molar-refractivity contribution in [2.45, 2.75) is 19.3 Å². The SMILES string of the molecule is Cc1ncc(CSCCO)c(CO)c1O.Cl. The third kappa shape index (κ3) is 3.83. The highest BCUT2D eigenvalue weighted by Gasteiger charge is 2.10. The molecule has 1 aromatic heterocycles. The second-order valence-electron chi connectivity index (χ2n) is 3.13. The molecule has 0 saturated carbocycles. The zero-order chi connectivity index (χ0) is 11.3. The Morgan fingerprint density at radius 1 is 1.38 bits per heavy atom. The number of thioether (sulfide) groups is 1. The minimum Gasteiger partial charge on any atom is -0.506 e. The number of aliphatic hydroxyl groups excluding tert-OH is 2. The van der Waals surface area contributed by atoms with E-state index in [1.807, 2.05) is 0 Å². The first-order valence-electron chi connectivity index (χ1n) is 4.66. The van der Waals surface area contributed by atoms with Crippen LogP contribution in [0.25, 0.3) is 0 Å². The number of aryl methyl sites for hydroxylation is 1. The van der Waals surface area contributed by atoms with E-state index in [1.165, 1.54) is 11.8 Å². The lowest BCUT2D eigenvalue weighted by Crippen LogP contribution is -1.98. The van der Waals surface area contributed by atoms with E-state index in [-0.39, 0.29) is 31.4 Å². The maximum absolute atomic E-state index is 9.65. The van der Waals surface area contributed by atoms with Crippen LogP contribution >= 0.6 is 24.2 Å². The molecule has 0 spiro atoms. The van der Waals surface area contributed by atoms with E-state index in [4.69, 9.17) is 10.2 Å². The Kier molecular flexibility index (Phi) is 7.49. The summed E-state index contributed by atoms with van der Waals surface area (Å²) in [6.07, 6.45) is 1.66. The number of pyridine rings is 1. The van der Waals surface area contributed by atoms with Gasteiger partial charge in [0, 0.05) is 23.3 Å². The molecule has 0 aliphatic rings. The number of hydrogen-bond donors (Lipinski definition) is 3. The molecule has 0 atom stereocenters. The average molecular weight is 266 g/mol. The van der Waals surface area contributed by atoms with E-state index in [2.05, 4.69) is 4.98 Å². The van der Waals surface area contributed by atoms with Gasteiger partial charge in [-0.1, -0.05) is 0 Å². The lowest BCUT2D eigenvalue weighted by atomic mass is 10.1. The van der Waals surface area contributed by atoms with Gasteiger partial charge in [-0.15, -0.1) is 12.4 Å². The molecule has 0 radical (unpaired) electrons. The number of nitrogens with zero attached hydrogens (tertiary/aromatic N) is 1. The van der Waals surface area contributed by atoms with E-state index in [1.54, 1.807) is 13.1 Å². The van der Waals surface area contributed by atoms with Gasteiger partial charge < -0.3 is 15.3 Å². The molecule has 0 aromatic carbocycles. The Morgan fingerprint density at radius 2 is 2.06 bits per heavy atom. The average Bonchev–Trinajstić information content (AvgIpc) is 2.24. The van der Waals surface area contributed by atoms with Gasteiger partial charge in [-0.2, -0.15) is 11.8 Å². The molecular weight excluding hydrogens is 250 g/mol. The number of aromatic hydroxyl groups is 1. The minimum atomic E-state index is -0.190. The van der Waals surface area contributed by atoms with Crippen LogP contribution in [0.2, 0.25) is 0 Å². The molecule has 0 bridgehead atoms. The molecule has 1 rings (SSSR count). The molecule has 6 heteroatoms. The van der Waals surface area contributed by atoms with Crippen LogP contribution in [0.4, 0.5) is 0 Å². The van der Waals surface area contributed by atoms with E-state index in [9.17, 15) is 5.11 Å². The molecule has 3 N–H and O–H groups in total. The molecule has 92 valence electrons. The normalized spacial score (nSPS) is 9.94. The molecule has 0 fully saturated rings. The fourth-order valence-electron chi connectivity index (χ4n) is 1.23. The van der Waals surface area contributed by atoms with E-state index in [0.717, 1.165) is 5.56 Å². The molecule has 16 heavy (non-hydrogen) atoms. The lowest BCUT2D eigenvalue weighted by Gasteiger charge is -2.10. The Labute approximate surface area is 105 Å². The summed E-state index contributed by atoms with van der Waals surface area (Å²) in [4.78, 5) is 4.03. The molecule has 0 unspecified atom stereocenters. The number of halogens is 1. The predicted octanol–water partition coefficient (Wildman–Crippen LogP) is 1.24. The van der Waals surface area contributed by atoms with Gasteiger partial charge in [0.1, 0.15) is 5.75 Å². The van der Waals surface area contributed by atoms with Gasteiger partial charge in [-0.25, -0.2) is 0 Å². The van der Waals surface area contributed by atoms with Gasteiger partial charge >= 0.3 is 0 Å². The highest BCUT2D eigenvalue weighted by molar-refractivity contribution is 7.98. The third-order valence-corrected chi connectivity index (χ3v) is 3.07. The monoisotopic (exact) mass is 265 g/mol. The third-order valence-electron chi connectivity index (χ3n) is 2.08. The van der Waals surface area contributed by atoms with E-state index < -0.39 is 0 Å². The van der Waals surface area contributed by atoms with Crippen LogP contribution < -0.4 is 0 Å². The van der Waals surface area contributed by atoms with Crippen molar-refractivity contribution in [3.8, 4) is 5.75 Å². The number of aliphatic hydroxyl groups is 2. The zero-order valence-corrected chi connectivity index (χ0v) is 10.6. The Balaban J connectivity index is 0.00000225. The minimum absolute atomic E-state index is 0. The van der Waals surface area contributed by atoms with Crippen LogP contribution in [0.5, 0.6) is 5.75 Å². The molecule has 0 amide bonds. The predicted molar refractivity (Wildman–Crippen MR) is 67.1 cm³/mol. The Morgan fingerprint density at radius 3 is 2.62 bits per heavy atom. The number of hydrogen-bond acceptors (Lipinski definition) is 5. The topological polar surface area (TPSA) is 73.6 Å². The molecular formula is C10H16ClNO3S. The molecule has 1 aromatic rings. The fourth-order valence-corrected chi connectivity index (χ4v) is 1.97. The Hall–Kier alpha value is -0.490. The second-order valence-corrected chi connectivity index (χ2v) is 4.24. The first kappa shape index (κ1) is 15.5. The summed E-state index contributed by atoms with van der Waals surface area (Å²) in [6, 6.07) is 0. The van der Waals surface area contributed by atoms with Crippen LogP contribution in [0, 0.1) is 6.92 Å². The van der Waals surface area contributed by atoms with Gasteiger partial charge in [0.25, 0.3) is 0 Å². The van der Waals surface area contributed by atoms with Crippen LogP contribution in [-0.4, -0.2) is 32.7 Å². The molecule has 1 heterocycles. The van der Waals surface area contributed by atoms with Crippen molar-refractivity contribution in [3.63, 3.8) is 0 Å². The summed E-state index contributed by atoms with van der Waals surface area (Å²) in [7, 11) is 0. The number of aromatic nitrogens is 1. The van der Waals surface area contributed by atoms with Crippen LogP contribution in [0.3, 0.4) is 0 Å². The van der Waals surface area contributed by atoms with Crippen LogP contribution in [0.1, 0.15) is 16.8 Å². The number of rotatable bonds is 5. The van der Waals surface area contributed by atoms with Gasteiger partial charge in [-0.3, -0.25) is 4.98 Å². The van der Waals surface area contributed by atoms with Gasteiger partial charge in [0.05, 0.1) is 18.9 Å².